The molecule has 2 rings (SSSR count). The second-order valence-corrected chi connectivity index (χ2v) is 5.37. The molecule has 20 heavy (non-hydrogen) atoms. The first-order valence-corrected chi connectivity index (χ1v) is 7.34. The molecule has 1 heterocycles. The molecule has 0 amide bonds. The highest BCUT2D eigenvalue weighted by Crippen LogP contribution is 2.36. The quantitative estimate of drug-likeness (QED) is 0.854. The van der Waals surface area contributed by atoms with Crippen molar-refractivity contribution < 1.29 is 18.9 Å². The predicted molar refractivity (Wildman–Crippen MR) is 79.5 cm³/mol. The molecule has 1 aromatic carbocycles. The fraction of sp³-hybridized carbons (Fsp3) is 0.571. The van der Waals surface area contributed by atoms with Crippen molar-refractivity contribution in [2.24, 2.45) is 0 Å². The maximum absolute atomic E-state index is 5.58. The third-order valence-electron chi connectivity index (χ3n) is 3.08. The summed E-state index contributed by atoms with van der Waals surface area (Å²) in [5.41, 5.74) is 1.12. The van der Waals surface area contributed by atoms with E-state index in [4.69, 9.17) is 18.9 Å². The van der Waals surface area contributed by atoms with E-state index in [9.17, 15) is 0 Å². The zero-order valence-electron chi connectivity index (χ0n) is 11.8. The van der Waals surface area contributed by atoms with Crippen molar-refractivity contribution >= 4 is 15.9 Å². The van der Waals surface area contributed by atoms with Crippen LogP contribution < -0.4 is 14.8 Å². The van der Waals surface area contributed by atoms with Crippen molar-refractivity contribution in [2.75, 3.05) is 40.6 Å². The lowest BCUT2D eigenvalue weighted by molar-refractivity contribution is -0.0864. The molecule has 1 saturated heterocycles. The zero-order chi connectivity index (χ0) is 14.4. The second kappa shape index (κ2) is 7.83. The van der Waals surface area contributed by atoms with E-state index >= 15 is 0 Å². The molecule has 0 saturated carbocycles. The molecule has 0 aliphatic carbocycles. The Morgan fingerprint density at radius 3 is 2.80 bits per heavy atom. The number of benzene rings is 1. The van der Waals surface area contributed by atoms with Gasteiger partial charge in [-0.25, -0.2) is 0 Å². The minimum absolute atomic E-state index is 0.132. The Balaban J connectivity index is 1.90. The van der Waals surface area contributed by atoms with Gasteiger partial charge in [-0.05, 0) is 33.6 Å². The molecule has 1 atom stereocenters. The van der Waals surface area contributed by atoms with Gasteiger partial charge < -0.3 is 24.3 Å². The van der Waals surface area contributed by atoms with Crippen LogP contribution in [-0.2, 0) is 16.0 Å². The first kappa shape index (κ1) is 15.6. The normalized spacial score (nSPS) is 18.9. The smallest absolute Gasteiger partial charge is 0.174 e. The van der Waals surface area contributed by atoms with Crippen LogP contribution in [0.25, 0.3) is 0 Å². The van der Waals surface area contributed by atoms with Crippen LogP contribution in [0.15, 0.2) is 16.6 Å². The van der Waals surface area contributed by atoms with Crippen LogP contribution in [0.1, 0.15) is 5.56 Å². The Labute approximate surface area is 127 Å². The summed E-state index contributed by atoms with van der Waals surface area (Å²) >= 11 is 3.49. The van der Waals surface area contributed by atoms with Crippen molar-refractivity contribution in [2.45, 2.75) is 12.6 Å². The van der Waals surface area contributed by atoms with Crippen LogP contribution in [-0.4, -0.2) is 46.7 Å². The molecule has 1 aromatic rings. The average molecular weight is 346 g/mol. The number of hydrogen-bond acceptors (Lipinski definition) is 5. The number of ether oxygens (including phenoxy) is 4. The van der Waals surface area contributed by atoms with Crippen molar-refractivity contribution in [3.05, 3.63) is 22.2 Å². The molecule has 1 N–H and O–H groups in total. The topological polar surface area (TPSA) is 49.0 Å². The SMILES string of the molecule is COc1cc(CNCC2COCCO2)cc(Br)c1OC. The van der Waals surface area contributed by atoms with Crippen molar-refractivity contribution in [3.63, 3.8) is 0 Å². The number of methoxy groups -OCH3 is 2. The standard InChI is InChI=1S/C14H20BrNO4/c1-17-13-6-10(5-12(15)14(13)18-2)7-16-8-11-9-19-3-4-20-11/h5-6,11,16H,3-4,7-9H2,1-2H3. The van der Waals surface area contributed by atoms with Gasteiger partial charge in [-0.3, -0.25) is 0 Å². The minimum atomic E-state index is 0.132. The van der Waals surface area contributed by atoms with E-state index < -0.39 is 0 Å². The first-order chi connectivity index (χ1) is 9.74. The summed E-state index contributed by atoms with van der Waals surface area (Å²) in [5, 5.41) is 3.37. The lowest BCUT2D eigenvalue weighted by Crippen LogP contribution is -2.37. The summed E-state index contributed by atoms with van der Waals surface area (Å²) in [6.07, 6.45) is 0.132. The summed E-state index contributed by atoms with van der Waals surface area (Å²) in [6.45, 7) is 3.53. The van der Waals surface area contributed by atoms with Gasteiger partial charge in [0.15, 0.2) is 11.5 Å². The van der Waals surface area contributed by atoms with Gasteiger partial charge >= 0.3 is 0 Å². The van der Waals surface area contributed by atoms with Crippen LogP contribution >= 0.6 is 15.9 Å². The molecule has 112 valence electrons. The van der Waals surface area contributed by atoms with Crippen molar-refractivity contribution in [1.82, 2.24) is 5.32 Å². The Bertz CT molecular complexity index is 435. The maximum atomic E-state index is 5.58. The molecule has 1 unspecified atom stereocenters. The molecule has 0 spiro atoms. The molecule has 6 heteroatoms. The van der Waals surface area contributed by atoms with E-state index in [0.29, 0.717) is 25.6 Å². The van der Waals surface area contributed by atoms with E-state index in [-0.39, 0.29) is 6.10 Å². The van der Waals surface area contributed by atoms with Gasteiger partial charge in [-0.15, -0.1) is 0 Å². The molecule has 1 aliphatic heterocycles. The van der Waals surface area contributed by atoms with Gasteiger partial charge in [0.1, 0.15) is 0 Å². The largest absolute Gasteiger partial charge is 0.493 e. The molecule has 0 bridgehead atoms. The Morgan fingerprint density at radius 2 is 2.15 bits per heavy atom. The van der Waals surface area contributed by atoms with Gasteiger partial charge in [-0.2, -0.15) is 0 Å². The van der Waals surface area contributed by atoms with Gasteiger partial charge in [0, 0.05) is 13.1 Å². The maximum Gasteiger partial charge on any atom is 0.174 e. The summed E-state index contributed by atoms with van der Waals surface area (Å²) in [6, 6.07) is 3.99. The number of rotatable bonds is 6. The van der Waals surface area contributed by atoms with Crippen LogP contribution in [0.3, 0.4) is 0 Å². The van der Waals surface area contributed by atoms with Gasteiger partial charge in [0.05, 0.1) is 44.6 Å². The summed E-state index contributed by atoms with van der Waals surface area (Å²) < 4.78 is 22.4. The average Bonchev–Trinajstić information content (AvgIpc) is 2.47. The van der Waals surface area contributed by atoms with Gasteiger partial charge in [-0.1, -0.05) is 0 Å². The minimum Gasteiger partial charge on any atom is -0.493 e. The van der Waals surface area contributed by atoms with Gasteiger partial charge in [0.2, 0.25) is 0 Å². The number of hydrogen-bond donors (Lipinski definition) is 1. The van der Waals surface area contributed by atoms with Gasteiger partial charge in [0.25, 0.3) is 0 Å². The highest BCUT2D eigenvalue weighted by atomic mass is 79.9. The Kier molecular flexibility index (Phi) is 6.09. The van der Waals surface area contributed by atoms with Crippen LogP contribution in [0.2, 0.25) is 0 Å². The molecular formula is C14H20BrNO4. The van der Waals surface area contributed by atoms with E-state index in [0.717, 1.165) is 28.9 Å². The lowest BCUT2D eigenvalue weighted by atomic mass is 10.2. The molecule has 1 aliphatic rings. The van der Waals surface area contributed by atoms with E-state index in [1.807, 2.05) is 12.1 Å². The van der Waals surface area contributed by atoms with Crippen LogP contribution in [0.5, 0.6) is 11.5 Å². The van der Waals surface area contributed by atoms with Crippen molar-refractivity contribution in [1.29, 1.82) is 0 Å². The molecule has 1 fully saturated rings. The molecular weight excluding hydrogens is 326 g/mol. The highest BCUT2D eigenvalue weighted by molar-refractivity contribution is 9.10. The molecule has 0 aromatic heterocycles. The molecule has 0 radical (unpaired) electrons. The van der Waals surface area contributed by atoms with Crippen LogP contribution in [0, 0.1) is 0 Å². The summed E-state index contributed by atoms with van der Waals surface area (Å²) in [4.78, 5) is 0. The number of nitrogens with one attached hydrogen (secondary N) is 1. The molecule has 5 nitrogen and oxygen atoms in total. The monoisotopic (exact) mass is 345 g/mol. The first-order valence-electron chi connectivity index (χ1n) is 6.55. The summed E-state index contributed by atoms with van der Waals surface area (Å²) in [7, 11) is 3.26. The third-order valence-corrected chi connectivity index (χ3v) is 3.67. The predicted octanol–water partition coefficient (Wildman–Crippen LogP) is 1.97. The summed E-state index contributed by atoms with van der Waals surface area (Å²) in [5.74, 6) is 1.43. The van der Waals surface area contributed by atoms with Crippen LogP contribution in [0.4, 0.5) is 0 Å². The Morgan fingerprint density at radius 1 is 1.30 bits per heavy atom. The third kappa shape index (κ3) is 4.09. The number of halogens is 1. The Hall–Kier alpha value is -0.820. The highest BCUT2D eigenvalue weighted by Gasteiger charge is 2.14. The fourth-order valence-corrected chi connectivity index (χ4v) is 2.76. The van der Waals surface area contributed by atoms with E-state index in [1.54, 1.807) is 14.2 Å². The lowest BCUT2D eigenvalue weighted by Gasteiger charge is -2.23. The van der Waals surface area contributed by atoms with E-state index in [2.05, 4.69) is 21.2 Å². The van der Waals surface area contributed by atoms with E-state index in [1.165, 1.54) is 0 Å². The fourth-order valence-electron chi connectivity index (χ4n) is 2.11. The van der Waals surface area contributed by atoms with Crippen molar-refractivity contribution in [3.8, 4) is 11.5 Å². The second-order valence-electron chi connectivity index (χ2n) is 4.51. The zero-order valence-corrected chi connectivity index (χ0v) is 13.4.